The third-order valence-corrected chi connectivity index (χ3v) is 1.76. The topological polar surface area (TPSA) is 44.5 Å². The summed E-state index contributed by atoms with van der Waals surface area (Å²) in [7, 11) is 0. The zero-order chi connectivity index (χ0) is 8.10. The van der Waals surface area contributed by atoms with Gasteiger partial charge in [0.1, 0.15) is 0 Å². The molecule has 0 spiro atoms. The van der Waals surface area contributed by atoms with E-state index >= 15 is 0 Å². The fraction of sp³-hybridized carbons (Fsp3) is 1.00. The molecule has 1 rings (SSSR count). The Kier molecular flexibility index (Phi) is 3.83. The number of ether oxygens (including phenoxy) is 2. The first-order valence-electron chi connectivity index (χ1n) is 4.20. The summed E-state index contributed by atoms with van der Waals surface area (Å²) < 4.78 is 10.6. The van der Waals surface area contributed by atoms with Crippen LogP contribution in [0.1, 0.15) is 13.3 Å². The first-order valence-corrected chi connectivity index (χ1v) is 4.20. The van der Waals surface area contributed by atoms with Gasteiger partial charge in [-0.3, -0.25) is 0 Å². The molecule has 2 atom stereocenters. The molecule has 3 heteroatoms. The minimum absolute atomic E-state index is 0.150. The van der Waals surface area contributed by atoms with Gasteiger partial charge in [-0.2, -0.15) is 0 Å². The van der Waals surface area contributed by atoms with E-state index in [-0.39, 0.29) is 6.04 Å². The zero-order valence-corrected chi connectivity index (χ0v) is 7.08. The smallest absolute Gasteiger partial charge is 0.0614 e. The standard InChI is InChI=1S/C8H17NO2/c1-7(9)4-11-6-8-2-3-10-5-8/h7-8H,2-6,9H2,1H3/t7-,8?/m1/s1. The van der Waals surface area contributed by atoms with Crippen molar-refractivity contribution in [1.82, 2.24) is 0 Å². The minimum atomic E-state index is 0.150. The van der Waals surface area contributed by atoms with Gasteiger partial charge in [-0.25, -0.2) is 0 Å². The maximum atomic E-state index is 5.52. The molecule has 2 N–H and O–H groups in total. The number of hydrogen-bond donors (Lipinski definition) is 1. The van der Waals surface area contributed by atoms with E-state index in [0.717, 1.165) is 26.2 Å². The van der Waals surface area contributed by atoms with Gasteiger partial charge in [0.2, 0.25) is 0 Å². The molecule has 0 aromatic heterocycles. The SMILES string of the molecule is C[C@@H](N)COCC1CCOC1. The molecule has 1 unspecified atom stereocenters. The first-order chi connectivity index (χ1) is 5.29. The Morgan fingerprint density at radius 1 is 1.73 bits per heavy atom. The molecule has 0 bridgehead atoms. The highest BCUT2D eigenvalue weighted by Gasteiger charge is 2.15. The van der Waals surface area contributed by atoms with Crippen LogP contribution in [-0.4, -0.2) is 32.5 Å². The number of hydrogen-bond acceptors (Lipinski definition) is 3. The van der Waals surface area contributed by atoms with Crippen molar-refractivity contribution in [3.05, 3.63) is 0 Å². The van der Waals surface area contributed by atoms with Crippen LogP contribution in [0.15, 0.2) is 0 Å². The Bertz CT molecular complexity index is 100. The van der Waals surface area contributed by atoms with Crippen LogP contribution in [0, 0.1) is 5.92 Å². The predicted octanol–water partition coefficient (Wildman–Crippen LogP) is 0.387. The molecule has 0 saturated carbocycles. The Morgan fingerprint density at radius 3 is 3.09 bits per heavy atom. The van der Waals surface area contributed by atoms with E-state index in [9.17, 15) is 0 Å². The summed E-state index contributed by atoms with van der Waals surface area (Å²) in [4.78, 5) is 0. The lowest BCUT2D eigenvalue weighted by Crippen LogP contribution is -2.23. The average molecular weight is 159 g/mol. The van der Waals surface area contributed by atoms with Crippen LogP contribution in [0.5, 0.6) is 0 Å². The van der Waals surface area contributed by atoms with Gasteiger partial charge in [-0.1, -0.05) is 0 Å². The molecule has 0 aliphatic carbocycles. The largest absolute Gasteiger partial charge is 0.381 e. The maximum absolute atomic E-state index is 5.52. The van der Waals surface area contributed by atoms with Crippen molar-refractivity contribution < 1.29 is 9.47 Å². The van der Waals surface area contributed by atoms with Crippen LogP contribution < -0.4 is 5.73 Å². The molecule has 3 nitrogen and oxygen atoms in total. The lowest BCUT2D eigenvalue weighted by atomic mass is 10.1. The van der Waals surface area contributed by atoms with Crippen LogP contribution in [0.4, 0.5) is 0 Å². The highest BCUT2D eigenvalue weighted by Crippen LogP contribution is 2.11. The van der Waals surface area contributed by atoms with E-state index in [1.165, 1.54) is 0 Å². The van der Waals surface area contributed by atoms with Crippen molar-refractivity contribution in [3.63, 3.8) is 0 Å². The van der Waals surface area contributed by atoms with E-state index in [1.54, 1.807) is 0 Å². The number of rotatable bonds is 4. The van der Waals surface area contributed by atoms with Crippen molar-refractivity contribution in [3.8, 4) is 0 Å². The van der Waals surface area contributed by atoms with Crippen LogP contribution in [0.2, 0.25) is 0 Å². The van der Waals surface area contributed by atoms with E-state index in [1.807, 2.05) is 6.92 Å². The monoisotopic (exact) mass is 159 g/mol. The molecule has 1 saturated heterocycles. The Balaban J connectivity index is 1.94. The average Bonchev–Trinajstić information content (AvgIpc) is 2.39. The molecule has 66 valence electrons. The van der Waals surface area contributed by atoms with Gasteiger partial charge in [0.05, 0.1) is 19.8 Å². The lowest BCUT2D eigenvalue weighted by molar-refractivity contribution is 0.0834. The number of nitrogens with two attached hydrogens (primary N) is 1. The molecule has 0 amide bonds. The van der Waals surface area contributed by atoms with E-state index in [4.69, 9.17) is 15.2 Å². The molecule has 0 radical (unpaired) electrons. The van der Waals surface area contributed by atoms with Crippen LogP contribution in [0.25, 0.3) is 0 Å². The summed E-state index contributed by atoms with van der Waals surface area (Å²) in [6.45, 7) is 5.17. The Morgan fingerprint density at radius 2 is 2.55 bits per heavy atom. The summed E-state index contributed by atoms with van der Waals surface area (Å²) in [5, 5.41) is 0. The van der Waals surface area contributed by atoms with Gasteiger partial charge in [-0.15, -0.1) is 0 Å². The molecule has 11 heavy (non-hydrogen) atoms. The third kappa shape index (κ3) is 3.70. The summed E-state index contributed by atoms with van der Waals surface area (Å²) in [5.41, 5.74) is 5.52. The molecular formula is C8H17NO2. The molecular weight excluding hydrogens is 142 g/mol. The molecule has 1 fully saturated rings. The van der Waals surface area contributed by atoms with Gasteiger partial charge in [0.25, 0.3) is 0 Å². The van der Waals surface area contributed by atoms with Crippen molar-refractivity contribution in [2.75, 3.05) is 26.4 Å². The second-order valence-electron chi connectivity index (χ2n) is 3.24. The van der Waals surface area contributed by atoms with Crippen LogP contribution in [-0.2, 0) is 9.47 Å². The van der Waals surface area contributed by atoms with Crippen molar-refractivity contribution in [2.45, 2.75) is 19.4 Å². The Labute approximate surface area is 67.9 Å². The van der Waals surface area contributed by atoms with Gasteiger partial charge in [-0.05, 0) is 13.3 Å². The quantitative estimate of drug-likeness (QED) is 0.645. The van der Waals surface area contributed by atoms with E-state index < -0.39 is 0 Å². The Hall–Kier alpha value is -0.120. The van der Waals surface area contributed by atoms with Crippen LogP contribution >= 0.6 is 0 Å². The van der Waals surface area contributed by atoms with E-state index in [2.05, 4.69) is 0 Å². The van der Waals surface area contributed by atoms with Crippen LogP contribution in [0.3, 0.4) is 0 Å². The van der Waals surface area contributed by atoms with Crippen molar-refractivity contribution in [1.29, 1.82) is 0 Å². The molecule has 1 aliphatic rings. The van der Waals surface area contributed by atoms with Gasteiger partial charge < -0.3 is 15.2 Å². The summed E-state index contributed by atoms with van der Waals surface area (Å²) in [5.74, 6) is 0.605. The molecule has 1 heterocycles. The van der Waals surface area contributed by atoms with Gasteiger partial charge in [0, 0.05) is 18.6 Å². The van der Waals surface area contributed by atoms with E-state index in [0.29, 0.717) is 12.5 Å². The molecule has 0 aromatic carbocycles. The maximum Gasteiger partial charge on any atom is 0.0614 e. The predicted molar refractivity (Wildman–Crippen MR) is 43.4 cm³/mol. The summed E-state index contributed by atoms with van der Waals surface area (Å²) in [6, 6.07) is 0.150. The minimum Gasteiger partial charge on any atom is -0.381 e. The van der Waals surface area contributed by atoms with Crippen molar-refractivity contribution >= 4 is 0 Å². The molecule has 0 aromatic rings. The first kappa shape index (κ1) is 8.97. The fourth-order valence-electron chi connectivity index (χ4n) is 1.14. The normalized spacial score (nSPS) is 27.3. The second-order valence-corrected chi connectivity index (χ2v) is 3.24. The summed E-state index contributed by atoms with van der Waals surface area (Å²) >= 11 is 0. The van der Waals surface area contributed by atoms with Crippen molar-refractivity contribution in [2.24, 2.45) is 11.7 Å². The van der Waals surface area contributed by atoms with Gasteiger partial charge in [0.15, 0.2) is 0 Å². The zero-order valence-electron chi connectivity index (χ0n) is 7.08. The third-order valence-electron chi connectivity index (χ3n) is 1.76. The summed E-state index contributed by atoms with van der Waals surface area (Å²) in [6.07, 6.45) is 1.14. The second kappa shape index (κ2) is 4.70. The van der Waals surface area contributed by atoms with Gasteiger partial charge >= 0.3 is 0 Å². The highest BCUT2D eigenvalue weighted by molar-refractivity contribution is 4.63. The fourth-order valence-corrected chi connectivity index (χ4v) is 1.14. The molecule has 1 aliphatic heterocycles. The highest BCUT2D eigenvalue weighted by atomic mass is 16.5. The lowest BCUT2D eigenvalue weighted by Gasteiger charge is -2.09.